The third kappa shape index (κ3) is 2.72. The van der Waals surface area contributed by atoms with Crippen LogP contribution in [-0.2, 0) is 0 Å². The van der Waals surface area contributed by atoms with Gasteiger partial charge in [-0.05, 0) is 31.7 Å². The highest BCUT2D eigenvalue weighted by molar-refractivity contribution is 5.99. The van der Waals surface area contributed by atoms with Gasteiger partial charge in [0.1, 0.15) is 5.82 Å². The van der Waals surface area contributed by atoms with Crippen LogP contribution in [0, 0.1) is 0 Å². The fraction of sp³-hybridized carbons (Fsp3) is 0.474. The summed E-state index contributed by atoms with van der Waals surface area (Å²) in [4.78, 5) is 7.73. The molecule has 0 spiro atoms. The Morgan fingerprint density at radius 1 is 1.23 bits per heavy atom. The van der Waals surface area contributed by atoms with Gasteiger partial charge < -0.3 is 21.1 Å². The summed E-state index contributed by atoms with van der Waals surface area (Å²) in [6.45, 7) is 0. The Hall–Kier alpha value is -2.54. The van der Waals surface area contributed by atoms with Gasteiger partial charge in [0.15, 0.2) is 5.88 Å². The summed E-state index contributed by atoms with van der Waals surface area (Å²) < 4.78 is 2.00. The second-order valence-corrected chi connectivity index (χ2v) is 7.60. The summed E-state index contributed by atoms with van der Waals surface area (Å²) in [5, 5.41) is 19.9. The number of hydrogen-bond acceptors (Lipinski definition) is 5. The first-order chi connectivity index (χ1) is 12.7. The number of aromatic amines is 1. The number of hydrogen-bond donors (Lipinski definition) is 4. The maximum absolute atomic E-state index is 10.3. The summed E-state index contributed by atoms with van der Waals surface area (Å²) in [7, 11) is 0. The van der Waals surface area contributed by atoms with E-state index in [1.165, 1.54) is 25.7 Å². The number of H-pyrrole nitrogens is 1. The van der Waals surface area contributed by atoms with Gasteiger partial charge in [0.05, 0.1) is 23.3 Å². The fourth-order valence-electron chi connectivity index (χ4n) is 3.96. The van der Waals surface area contributed by atoms with Crippen molar-refractivity contribution in [1.29, 1.82) is 0 Å². The largest absolute Gasteiger partial charge is 0.494 e. The molecule has 3 aromatic rings. The van der Waals surface area contributed by atoms with Gasteiger partial charge in [-0.15, -0.1) is 0 Å². The second kappa shape index (κ2) is 6.02. The molecule has 2 fully saturated rings. The number of nitrogens with zero attached hydrogens (tertiary/aromatic N) is 3. The SMILES string of the molecule is N[C@H]1CCCC[C@H]1Nc1cc2c[nH]c(O)c2c(-c2cnn(C3CC3)c2)n1. The lowest BCUT2D eigenvalue weighted by atomic mass is 9.91. The van der Waals surface area contributed by atoms with Crippen LogP contribution in [0.4, 0.5) is 5.82 Å². The number of pyridine rings is 1. The molecule has 5 N–H and O–H groups in total. The van der Waals surface area contributed by atoms with E-state index in [4.69, 9.17) is 10.7 Å². The molecular weight excluding hydrogens is 328 g/mol. The Bertz CT molecular complexity index is 941. The zero-order chi connectivity index (χ0) is 17.7. The Balaban J connectivity index is 1.55. The lowest BCUT2D eigenvalue weighted by molar-refractivity contribution is 0.403. The van der Waals surface area contributed by atoms with Gasteiger partial charge in [-0.3, -0.25) is 4.68 Å². The van der Waals surface area contributed by atoms with Crippen molar-refractivity contribution in [2.75, 3.05) is 5.32 Å². The van der Waals surface area contributed by atoms with Gasteiger partial charge in [-0.2, -0.15) is 5.10 Å². The second-order valence-electron chi connectivity index (χ2n) is 7.60. The van der Waals surface area contributed by atoms with E-state index in [0.29, 0.717) is 6.04 Å². The van der Waals surface area contributed by atoms with Gasteiger partial charge in [0, 0.05) is 35.4 Å². The Kier molecular flexibility index (Phi) is 3.63. The lowest BCUT2D eigenvalue weighted by Crippen LogP contribution is -2.42. The smallest absolute Gasteiger partial charge is 0.198 e. The van der Waals surface area contributed by atoms with E-state index in [1.54, 1.807) is 0 Å². The van der Waals surface area contributed by atoms with E-state index in [2.05, 4.69) is 15.4 Å². The Morgan fingerprint density at radius 2 is 2.08 bits per heavy atom. The molecule has 5 rings (SSSR count). The molecule has 136 valence electrons. The average molecular weight is 352 g/mol. The van der Waals surface area contributed by atoms with E-state index in [9.17, 15) is 5.11 Å². The molecule has 2 aliphatic carbocycles. The van der Waals surface area contributed by atoms with Crippen LogP contribution in [0.3, 0.4) is 0 Å². The predicted molar refractivity (Wildman–Crippen MR) is 101 cm³/mol. The van der Waals surface area contributed by atoms with Crippen molar-refractivity contribution in [3.05, 3.63) is 24.7 Å². The lowest BCUT2D eigenvalue weighted by Gasteiger charge is -2.29. The highest BCUT2D eigenvalue weighted by Gasteiger charge is 2.26. The summed E-state index contributed by atoms with van der Waals surface area (Å²) in [6, 6.07) is 2.88. The quantitative estimate of drug-likeness (QED) is 0.577. The highest BCUT2D eigenvalue weighted by Crippen LogP contribution is 2.38. The molecule has 7 nitrogen and oxygen atoms in total. The molecule has 0 saturated heterocycles. The molecule has 0 amide bonds. The van der Waals surface area contributed by atoms with Crippen LogP contribution < -0.4 is 11.1 Å². The van der Waals surface area contributed by atoms with E-state index >= 15 is 0 Å². The van der Waals surface area contributed by atoms with E-state index in [1.807, 2.05) is 29.3 Å². The van der Waals surface area contributed by atoms with Crippen molar-refractivity contribution in [3.63, 3.8) is 0 Å². The molecule has 2 aliphatic rings. The van der Waals surface area contributed by atoms with Crippen LogP contribution in [-0.4, -0.2) is 36.9 Å². The number of nitrogens with two attached hydrogens (primary N) is 1. The normalized spacial score (nSPS) is 23.4. The van der Waals surface area contributed by atoms with Crippen LogP contribution in [0.15, 0.2) is 24.7 Å². The molecular formula is C19H24N6O. The minimum atomic E-state index is 0.141. The topological polar surface area (TPSA) is 105 Å². The van der Waals surface area contributed by atoms with Gasteiger partial charge in [0.2, 0.25) is 0 Å². The first kappa shape index (κ1) is 15.7. The Morgan fingerprint density at radius 3 is 2.88 bits per heavy atom. The summed E-state index contributed by atoms with van der Waals surface area (Å²) in [5.41, 5.74) is 7.96. The number of aromatic nitrogens is 4. The number of aromatic hydroxyl groups is 1. The van der Waals surface area contributed by atoms with Gasteiger partial charge >= 0.3 is 0 Å². The molecule has 2 atom stereocenters. The first-order valence-electron chi connectivity index (χ1n) is 9.47. The molecule has 0 bridgehead atoms. The molecule has 7 heteroatoms. The highest BCUT2D eigenvalue weighted by atomic mass is 16.3. The van der Waals surface area contributed by atoms with Crippen molar-refractivity contribution in [1.82, 2.24) is 19.7 Å². The van der Waals surface area contributed by atoms with Crippen LogP contribution in [0.25, 0.3) is 22.0 Å². The molecule has 0 radical (unpaired) electrons. The molecule has 2 saturated carbocycles. The van der Waals surface area contributed by atoms with Crippen molar-refractivity contribution in [2.24, 2.45) is 5.73 Å². The third-order valence-electron chi connectivity index (χ3n) is 5.60. The molecule has 3 heterocycles. The fourth-order valence-corrected chi connectivity index (χ4v) is 3.96. The molecule has 26 heavy (non-hydrogen) atoms. The Labute approximate surface area is 151 Å². The van der Waals surface area contributed by atoms with Gasteiger partial charge in [0.25, 0.3) is 0 Å². The number of fused-ring (bicyclic) bond motifs is 1. The number of nitrogens with one attached hydrogen (secondary N) is 2. The van der Waals surface area contributed by atoms with Crippen LogP contribution in [0.1, 0.15) is 44.6 Å². The minimum absolute atomic E-state index is 0.141. The van der Waals surface area contributed by atoms with Crippen molar-refractivity contribution in [3.8, 4) is 17.1 Å². The zero-order valence-electron chi connectivity index (χ0n) is 14.7. The van der Waals surface area contributed by atoms with Crippen LogP contribution in [0.5, 0.6) is 5.88 Å². The average Bonchev–Trinajstić information content (AvgIpc) is 3.26. The monoisotopic (exact) mass is 352 g/mol. The van der Waals surface area contributed by atoms with E-state index in [0.717, 1.165) is 40.7 Å². The van der Waals surface area contributed by atoms with Crippen molar-refractivity contribution in [2.45, 2.75) is 56.7 Å². The standard InChI is InChI=1S/C19H24N6O/c20-14-3-1-2-4-15(14)23-16-7-11-8-21-19(26)17(11)18(24-16)12-9-22-25(10-12)13-5-6-13/h7-10,13-15,21,23,26H,1-6,20H2/t14-,15+/m0/s1. The number of rotatable bonds is 4. The first-order valence-corrected chi connectivity index (χ1v) is 9.47. The van der Waals surface area contributed by atoms with Crippen molar-refractivity contribution >= 4 is 16.6 Å². The van der Waals surface area contributed by atoms with Gasteiger partial charge in [-0.1, -0.05) is 12.8 Å². The van der Waals surface area contributed by atoms with Crippen LogP contribution >= 0.6 is 0 Å². The number of anilines is 1. The summed E-state index contributed by atoms with van der Waals surface area (Å²) in [6.07, 6.45) is 12.5. The van der Waals surface area contributed by atoms with E-state index in [-0.39, 0.29) is 18.0 Å². The minimum Gasteiger partial charge on any atom is -0.494 e. The van der Waals surface area contributed by atoms with Gasteiger partial charge in [-0.25, -0.2) is 4.98 Å². The van der Waals surface area contributed by atoms with Crippen molar-refractivity contribution < 1.29 is 5.11 Å². The molecule has 0 aliphatic heterocycles. The van der Waals surface area contributed by atoms with E-state index < -0.39 is 0 Å². The summed E-state index contributed by atoms with van der Waals surface area (Å²) in [5.74, 6) is 0.940. The maximum atomic E-state index is 10.3. The maximum Gasteiger partial charge on any atom is 0.198 e. The summed E-state index contributed by atoms with van der Waals surface area (Å²) >= 11 is 0. The van der Waals surface area contributed by atoms with Crippen LogP contribution in [0.2, 0.25) is 0 Å². The third-order valence-corrected chi connectivity index (χ3v) is 5.60. The molecule has 3 aromatic heterocycles. The molecule has 0 unspecified atom stereocenters. The predicted octanol–water partition coefficient (Wildman–Crippen LogP) is 3.15. The zero-order valence-corrected chi connectivity index (χ0v) is 14.7. The molecule has 0 aromatic carbocycles.